The highest BCUT2D eigenvalue weighted by Crippen LogP contribution is 2.31. The van der Waals surface area contributed by atoms with E-state index in [2.05, 4.69) is 10.4 Å². The van der Waals surface area contributed by atoms with Crippen LogP contribution in [-0.4, -0.2) is 15.7 Å². The third-order valence-electron chi connectivity index (χ3n) is 4.26. The molecule has 2 aromatic carbocycles. The second kappa shape index (κ2) is 7.55. The van der Waals surface area contributed by atoms with Crippen molar-refractivity contribution in [1.82, 2.24) is 9.78 Å². The first-order chi connectivity index (χ1) is 13.8. The first-order valence-electron chi connectivity index (χ1n) is 8.90. The van der Waals surface area contributed by atoms with Crippen molar-refractivity contribution in [2.75, 3.05) is 5.32 Å². The van der Waals surface area contributed by atoms with Crippen molar-refractivity contribution in [2.24, 2.45) is 0 Å². The van der Waals surface area contributed by atoms with Crippen LogP contribution in [-0.2, 0) is 11.6 Å². The van der Waals surface area contributed by atoms with Gasteiger partial charge in [-0.25, -0.2) is 13.5 Å². The van der Waals surface area contributed by atoms with E-state index in [-0.39, 0.29) is 5.82 Å². The highest BCUT2D eigenvalue weighted by atomic mass is 19.4. The van der Waals surface area contributed by atoms with Gasteiger partial charge >= 0.3 is 6.18 Å². The van der Waals surface area contributed by atoms with E-state index in [1.165, 1.54) is 28.9 Å². The second-order valence-corrected chi connectivity index (χ2v) is 7.74. The van der Waals surface area contributed by atoms with Crippen LogP contribution in [0.5, 0.6) is 0 Å². The fraction of sp³-hybridized carbons (Fsp3) is 0.238. The van der Waals surface area contributed by atoms with E-state index < -0.39 is 40.3 Å². The van der Waals surface area contributed by atoms with E-state index in [1.54, 1.807) is 6.07 Å². The molecule has 3 rings (SSSR count). The minimum atomic E-state index is -4.81. The van der Waals surface area contributed by atoms with Gasteiger partial charge in [0, 0.05) is 17.0 Å². The Balaban J connectivity index is 2.03. The van der Waals surface area contributed by atoms with Crippen molar-refractivity contribution in [2.45, 2.75) is 32.4 Å². The molecule has 0 fully saturated rings. The number of hydrogen-bond acceptors (Lipinski definition) is 2. The third-order valence-corrected chi connectivity index (χ3v) is 4.26. The predicted molar refractivity (Wildman–Crippen MR) is 102 cm³/mol. The molecule has 0 bridgehead atoms. The molecule has 1 amide bonds. The Bertz CT molecular complexity index is 1100. The van der Waals surface area contributed by atoms with E-state index in [1.807, 2.05) is 20.8 Å². The molecule has 3 aromatic rings. The Morgan fingerprint density at radius 3 is 2.27 bits per heavy atom. The van der Waals surface area contributed by atoms with Gasteiger partial charge in [-0.1, -0.05) is 26.8 Å². The average Bonchev–Trinajstić information content (AvgIpc) is 3.04. The quantitative estimate of drug-likeness (QED) is 0.548. The maximum absolute atomic E-state index is 13.7. The van der Waals surface area contributed by atoms with Crippen molar-refractivity contribution in [3.8, 4) is 5.69 Å². The summed E-state index contributed by atoms with van der Waals surface area (Å²) >= 11 is 0. The standard InChI is InChI=1S/C21H18F5N3O/c1-20(2,3)17-11-18(29(28-17)16-6-4-5-14(22)10-16)27-19(30)12-7-13(21(24,25)26)9-15(23)8-12/h4-11H,1-3H3,(H,27,30). The molecule has 158 valence electrons. The smallest absolute Gasteiger partial charge is 0.306 e. The number of benzene rings is 2. The molecule has 1 heterocycles. The summed E-state index contributed by atoms with van der Waals surface area (Å²) in [6.07, 6.45) is -4.81. The van der Waals surface area contributed by atoms with Crippen LogP contribution in [0, 0.1) is 11.6 Å². The first kappa shape index (κ1) is 21.5. The van der Waals surface area contributed by atoms with Gasteiger partial charge < -0.3 is 5.32 Å². The number of anilines is 1. The molecule has 30 heavy (non-hydrogen) atoms. The van der Waals surface area contributed by atoms with Gasteiger partial charge in [-0.3, -0.25) is 4.79 Å². The number of amides is 1. The Hall–Kier alpha value is -3.23. The van der Waals surface area contributed by atoms with Crippen molar-refractivity contribution in [3.05, 3.63) is 77.0 Å². The summed E-state index contributed by atoms with van der Waals surface area (Å²) in [5.41, 5.74) is -1.36. The molecular formula is C21H18F5N3O. The molecule has 0 aliphatic rings. The van der Waals surface area contributed by atoms with Crippen LogP contribution in [0.4, 0.5) is 27.8 Å². The largest absolute Gasteiger partial charge is 0.416 e. The van der Waals surface area contributed by atoms with Gasteiger partial charge in [0.25, 0.3) is 5.91 Å². The van der Waals surface area contributed by atoms with E-state index in [4.69, 9.17) is 0 Å². The molecule has 1 N–H and O–H groups in total. The maximum Gasteiger partial charge on any atom is 0.416 e. The molecule has 0 unspecified atom stereocenters. The monoisotopic (exact) mass is 423 g/mol. The van der Waals surface area contributed by atoms with Crippen LogP contribution in [0.1, 0.15) is 42.4 Å². The Morgan fingerprint density at radius 1 is 0.967 bits per heavy atom. The lowest BCUT2D eigenvalue weighted by atomic mass is 9.92. The average molecular weight is 423 g/mol. The molecule has 0 radical (unpaired) electrons. The summed E-state index contributed by atoms with van der Waals surface area (Å²) in [5.74, 6) is -2.58. The number of hydrogen-bond donors (Lipinski definition) is 1. The number of carbonyl (C=O) groups excluding carboxylic acids is 1. The van der Waals surface area contributed by atoms with Gasteiger partial charge in [-0.2, -0.15) is 18.3 Å². The third kappa shape index (κ3) is 4.67. The molecule has 0 aliphatic carbocycles. The molecule has 0 saturated carbocycles. The van der Waals surface area contributed by atoms with E-state index in [9.17, 15) is 26.7 Å². The molecule has 0 saturated heterocycles. The number of carbonyl (C=O) groups is 1. The van der Waals surface area contributed by atoms with Gasteiger partial charge in [0.1, 0.15) is 17.5 Å². The molecule has 0 spiro atoms. The van der Waals surface area contributed by atoms with Gasteiger partial charge in [0.15, 0.2) is 0 Å². The topological polar surface area (TPSA) is 46.9 Å². The second-order valence-electron chi connectivity index (χ2n) is 7.74. The number of alkyl halides is 3. The lowest BCUT2D eigenvalue weighted by Gasteiger charge is -2.14. The summed E-state index contributed by atoms with van der Waals surface area (Å²) in [5, 5.41) is 6.84. The summed E-state index contributed by atoms with van der Waals surface area (Å²) in [4.78, 5) is 12.6. The highest BCUT2D eigenvalue weighted by molar-refractivity contribution is 6.04. The fourth-order valence-electron chi connectivity index (χ4n) is 2.71. The lowest BCUT2D eigenvalue weighted by Crippen LogP contribution is -2.17. The number of rotatable bonds is 3. The number of aromatic nitrogens is 2. The number of nitrogens with zero attached hydrogens (tertiary/aromatic N) is 2. The lowest BCUT2D eigenvalue weighted by molar-refractivity contribution is -0.137. The zero-order valence-electron chi connectivity index (χ0n) is 16.3. The van der Waals surface area contributed by atoms with Crippen LogP contribution in [0.2, 0.25) is 0 Å². The molecule has 1 aromatic heterocycles. The molecule has 0 atom stereocenters. The zero-order valence-corrected chi connectivity index (χ0v) is 16.3. The summed E-state index contributed by atoms with van der Waals surface area (Å²) < 4.78 is 67.5. The van der Waals surface area contributed by atoms with Crippen LogP contribution in [0.3, 0.4) is 0 Å². The highest BCUT2D eigenvalue weighted by Gasteiger charge is 2.32. The van der Waals surface area contributed by atoms with E-state index in [0.29, 0.717) is 29.6 Å². The van der Waals surface area contributed by atoms with Crippen LogP contribution in [0.15, 0.2) is 48.5 Å². The predicted octanol–water partition coefficient (Wildman–Crippen LogP) is 5.72. The van der Waals surface area contributed by atoms with Crippen molar-refractivity contribution in [1.29, 1.82) is 0 Å². The minimum absolute atomic E-state index is 0.105. The van der Waals surface area contributed by atoms with Crippen molar-refractivity contribution >= 4 is 11.7 Å². The minimum Gasteiger partial charge on any atom is -0.306 e. The van der Waals surface area contributed by atoms with Gasteiger partial charge in [0.2, 0.25) is 0 Å². The zero-order chi connectivity index (χ0) is 22.3. The fourth-order valence-corrected chi connectivity index (χ4v) is 2.71. The van der Waals surface area contributed by atoms with Gasteiger partial charge in [-0.05, 0) is 36.4 Å². The molecule has 0 aliphatic heterocycles. The SMILES string of the molecule is CC(C)(C)c1cc(NC(=O)c2cc(F)cc(C(F)(F)F)c2)n(-c2cccc(F)c2)n1. The molecule has 9 heteroatoms. The summed E-state index contributed by atoms with van der Waals surface area (Å²) in [6, 6.07) is 8.56. The van der Waals surface area contributed by atoms with Crippen LogP contribution < -0.4 is 5.32 Å². The van der Waals surface area contributed by atoms with Gasteiger partial charge in [0.05, 0.1) is 16.9 Å². The Labute approximate surface area is 169 Å². The summed E-state index contributed by atoms with van der Waals surface area (Å²) in [7, 11) is 0. The number of halogens is 5. The maximum atomic E-state index is 13.7. The first-order valence-corrected chi connectivity index (χ1v) is 8.90. The normalized spacial score (nSPS) is 12.1. The van der Waals surface area contributed by atoms with Crippen molar-refractivity contribution < 1.29 is 26.7 Å². The van der Waals surface area contributed by atoms with Gasteiger partial charge in [-0.15, -0.1) is 0 Å². The van der Waals surface area contributed by atoms with Crippen LogP contribution >= 0.6 is 0 Å². The van der Waals surface area contributed by atoms with E-state index in [0.717, 1.165) is 0 Å². The Morgan fingerprint density at radius 2 is 1.67 bits per heavy atom. The Kier molecular flexibility index (Phi) is 5.40. The van der Waals surface area contributed by atoms with E-state index >= 15 is 0 Å². The molecule has 4 nitrogen and oxygen atoms in total. The number of nitrogens with one attached hydrogen (secondary N) is 1. The van der Waals surface area contributed by atoms with Crippen LogP contribution in [0.25, 0.3) is 5.69 Å². The van der Waals surface area contributed by atoms with Crippen molar-refractivity contribution in [3.63, 3.8) is 0 Å². The molecular weight excluding hydrogens is 405 g/mol. The summed E-state index contributed by atoms with van der Waals surface area (Å²) in [6.45, 7) is 5.62.